The number of benzene rings is 3. The zero-order valence-corrected chi connectivity index (χ0v) is 24.8. The molecule has 0 aliphatic carbocycles. The zero-order chi connectivity index (χ0) is 28.5. The summed E-state index contributed by atoms with van der Waals surface area (Å²) >= 11 is 3.35. The smallest absolute Gasteiger partial charge is 0.111 e. The van der Waals surface area contributed by atoms with Gasteiger partial charge in [-0.25, -0.2) is 0 Å². The maximum Gasteiger partial charge on any atom is 0.111 e. The van der Waals surface area contributed by atoms with Crippen molar-refractivity contribution in [3.05, 3.63) is 120 Å². The van der Waals surface area contributed by atoms with Gasteiger partial charge in [-0.15, -0.1) is 30.1 Å². The van der Waals surface area contributed by atoms with Gasteiger partial charge < -0.3 is 24.5 Å². The average Bonchev–Trinajstić information content (AvgIpc) is 3.30. The first kappa shape index (κ1) is 30.3. The van der Waals surface area contributed by atoms with Crippen molar-refractivity contribution in [2.45, 2.75) is 60.7 Å². The summed E-state index contributed by atoms with van der Waals surface area (Å²) in [6.45, 7) is 5.30. The number of nitrogens with zero attached hydrogens (tertiary/aromatic N) is 1. The first-order valence-electron chi connectivity index (χ1n) is 14.1. The van der Waals surface area contributed by atoms with Crippen LogP contribution in [0.2, 0.25) is 0 Å². The van der Waals surface area contributed by atoms with Crippen LogP contribution in [0.1, 0.15) is 23.1 Å². The molecule has 1 unspecified atom stereocenters. The number of hydrogen-bond donors (Lipinski definition) is 2. The van der Waals surface area contributed by atoms with Crippen LogP contribution in [0.15, 0.2) is 104 Å². The molecular formula is C33H39NO5S2. The van der Waals surface area contributed by atoms with E-state index in [1.54, 1.807) is 29.6 Å². The summed E-state index contributed by atoms with van der Waals surface area (Å²) in [6.07, 6.45) is 0.696. The molecule has 2 fully saturated rings. The van der Waals surface area contributed by atoms with Gasteiger partial charge in [0.1, 0.15) is 16.3 Å². The van der Waals surface area contributed by atoms with Gasteiger partial charge in [-0.3, -0.25) is 0 Å². The molecule has 41 heavy (non-hydrogen) atoms. The zero-order valence-electron chi connectivity index (χ0n) is 23.2. The van der Waals surface area contributed by atoms with Crippen LogP contribution in [-0.2, 0) is 34.0 Å². The predicted octanol–water partition coefficient (Wildman–Crippen LogP) is 5.93. The maximum atomic E-state index is 12.0. The van der Waals surface area contributed by atoms with E-state index in [0.29, 0.717) is 19.8 Å². The van der Waals surface area contributed by atoms with E-state index in [1.807, 2.05) is 91.0 Å². The molecule has 2 N–H and O–H groups in total. The molecular weight excluding hydrogens is 554 g/mol. The molecule has 5 rings (SSSR count). The minimum Gasteiger partial charge on any atom is -0.387 e. The molecule has 0 amide bonds. The second-order valence-electron chi connectivity index (χ2n) is 10.4. The van der Waals surface area contributed by atoms with Crippen molar-refractivity contribution in [1.82, 2.24) is 5.06 Å². The lowest BCUT2D eigenvalue weighted by molar-refractivity contribution is -0.170. The second kappa shape index (κ2) is 14.8. The average molecular weight is 594 g/mol. The molecule has 2 aliphatic rings. The van der Waals surface area contributed by atoms with Gasteiger partial charge in [0.05, 0.1) is 44.6 Å². The lowest BCUT2D eigenvalue weighted by Crippen LogP contribution is -2.58. The van der Waals surface area contributed by atoms with Gasteiger partial charge in [0, 0.05) is 0 Å². The molecule has 8 heteroatoms. The van der Waals surface area contributed by atoms with Crippen LogP contribution in [0.4, 0.5) is 0 Å². The van der Waals surface area contributed by atoms with Crippen molar-refractivity contribution in [2.75, 3.05) is 18.1 Å². The van der Waals surface area contributed by atoms with Crippen molar-refractivity contribution >= 4 is 23.5 Å². The quantitative estimate of drug-likeness (QED) is 0.237. The standard InChI is InChI=1S/C33H39NO5S2/c1-2-29(35)33(40-19-12-20-41-33)32-31(39-23-27-17-10-5-11-18-27)30(38-22-26-15-8-4-9-16-26)28(34(32)36)24-37-21-25-13-6-3-7-14-25/h2-11,13-18,28-32,35-36H,1,12,19-24H2/t28-,29?,30-,31+,32+/m0/s1. The maximum absolute atomic E-state index is 12.0. The van der Waals surface area contributed by atoms with E-state index in [1.165, 1.54) is 5.06 Å². The number of ether oxygens (including phenoxy) is 3. The van der Waals surface area contributed by atoms with Gasteiger partial charge in [-0.1, -0.05) is 97.1 Å². The predicted molar refractivity (Wildman–Crippen MR) is 166 cm³/mol. The number of hydroxylamine groups is 2. The number of aliphatic hydroxyl groups excluding tert-OH is 1. The fraction of sp³-hybridized carbons (Fsp3) is 0.394. The van der Waals surface area contributed by atoms with Gasteiger partial charge in [-0.2, -0.15) is 5.06 Å². The third-order valence-corrected chi connectivity index (χ3v) is 11.2. The van der Waals surface area contributed by atoms with E-state index in [4.69, 9.17) is 14.2 Å². The molecule has 2 heterocycles. The van der Waals surface area contributed by atoms with Crippen LogP contribution in [0.5, 0.6) is 0 Å². The van der Waals surface area contributed by atoms with Gasteiger partial charge in [-0.05, 0) is 34.6 Å². The first-order valence-corrected chi connectivity index (χ1v) is 16.1. The lowest BCUT2D eigenvalue weighted by Gasteiger charge is -2.46. The fourth-order valence-electron chi connectivity index (χ4n) is 5.53. The van der Waals surface area contributed by atoms with Gasteiger partial charge in [0.25, 0.3) is 0 Å². The molecule has 2 saturated heterocycles. The molecule has 0 aromatic heterocycles. The summed E-state index contributed by atoms with van der Waals surface area (Å²) in [5, 5.41) is 24.7. The molecule has 0 bridgehead atoms. The van der Waals surface area contributed by atoms with Crippen molar-refractivity contribution in [3.8, 4) is 0 Å². The highest BCUT2D eigenvalue weighted by atomic mass is 32.2. The van der Waals surface area contributed by atoms with Crippen molar-refractivity contribution in [2.24, 2.45) is 0 Å². The van der Waals surface area contributed by atoms with Crippen molar-refractivity contribution < 1.29 is 24.5 Å². The molecule has 2 aliphatic heterocycles. The number of aliphatic hydroxyl groups is 1. The Hall–Kier alpha value is -2.14. The largest absolute Gasteiger partial charge is 0.387 e. The number of rotatable bonds is 13. The van der Waals surface area contributed by atoms with E-state index in [2.05, 4.69) is 6.58 Å². The van der Waals surface area contributed by atoms with Gasteiger partial charge in [0.15, 0.2) is 0 Å². The summed E-state index contributed by atoms with van der Waals surface area (Å²) < 4.78 is 18.7. The normalized spacial score (nSPS) is 25.1. The summed E-state index contributed by atoms with van der Waals surface area (Å²) in [4.78, 5) is 0. The fourth-order valence-corrected chi connectivity index (χ4v) is 9.12. The Bertz CT molecular complexity index is 1200. The van der Waals surface area contributed by atoms with E-state index < -0.39 is 34.5 Å². The third kappa shape index (κ3) is 7.27. The molecule has 6 nitrogen and oxygen atoms in total. The topological polar surface area (TPSA) is 71.4 Å². The molecule has 3 aromatic rings. The highest BCUT2D eigenvalue weighted by molar-refractivity contribution is 8.19. The van der Waals surface area contributed by atoms with Crippen molar-refractivity contribution in [1.29, 1.82) is 0 Å². The molecule has 0 spiro atoms. The first-order chi connectivity index (χ1) is 20.1. The second-order valence-corrected chi connectivity index (χ2v) is 13.4. The Morgan fingerprint density at radius 3 is 1.80 bits per heavy atom. The van der Waals surface area contributed by atoms with E-state index in [-0.39, 0.29) is 6.61 Å². The molecule has 218 valence electrons. The Balaban J connectivity index is 1.46. The van der Waals surface area contributed by atoms with Crippen LogP contribution in [0.25, 0.3) is 0 Å². The van der Waals surface area contributed by atoms with Crippen LogP contribution in [-0.4, -0.2) is 68.0 Å². The Morgan fingerprint density at radius 2 is 1.29 bits per heavy atom. The highest BCUT2D eigenvalue weighted by Crippen LogP contribution is 2.53. The SMILES string of the molecule is C=CC(O)C1([C@H]2[C@H](OCc3ccccc3)[C@@H](OCc3ccccc3)[C@H](COCc3ccccc3)N2O)SCCCS1. The number of hydrogen-bond acceptors (Lipinski definition) is 8. The molecule has 0 radical (unpaired) electrons. The Labute approximate surface area is 251 Å². The summed E-state index contributed by atoms with van der Waals surface area (Å²) in [6, 6.07) is 28.9. The molecule has 3 aromatic carbocycles. The molecule has 5 atom stereocenters. The Morgan fingerprint density at radius 1 is 0.805 bits per heavy atom. The Kier molecular flexibility index (Phi) is 11.0. The third-order valence-electron chi connectivity index (χ3n) is 7.60. The summed E-state index contributed by atoms with van der Waals surface area (Å²) in [5.41, 5.74) is 3.12. The summed E-state index contributed by atoms with van der Waals surface area (Å²) in [7, 11) is 0. The van der Waals surface area contributed by atoms with Crippen molar-refractivity contribution in [3.63, 3.8) is 0 Å². The van der Waals surface area contributed by atoms with E-state index >= 15 is 0 Å². The van der Waals surface area contributed by atoms with Crippen LogP contribution < -0.4 is 0 Å². The minimum atomic E-state index is -0.862. The van der Waals surface area contributed by atoms with E-state index in [9.17, 15) is 10.3 Å². The highest BCUT2D eigenvalue weighted by Gasteiger charge is 2.61. The van der Waals surface area contributed by atoms with Gasteiger partial charge >= 0.3 is 0 Å². The van der Waals surface area contributed by atoms with Crippen LogP contribution in [0, 0.1) is 0 Å². The van der Waals surface area contributed by atoms with Crippen LogP contribution in [0.3, 0.4) is 0 Å². The van der Waals surface area contributed by atoms with E-state index in [0.717, 1.165) is 34.6 Å². The summed E-state index contributed by atoms with van der Waals surface area (Å²) in [5.74, 6) is 1.75. The lowest BCUT2D eigenvalue weighted by atomic mass is 10.0. The molecule has 0 saturated carbocycles. The minimum absolute atomic E-state index is 0.238. The monoisotopic (exact) mass is 593 g/mol. The number of thioether (sulfide) groups is 2. The van der Waals surface area contributed by atoms with Crippen LogP contribution >= 0.6 is 23.5 Å². The van der Waals surface area contributed by atoms with Gasteiger partial charge in [0.2, 0.25) is 0 Å².